The molecule has 0 saturated carbocycles. The monoisotopic (exact) mass is 304 g/mol. The van der Waals surface area contributed by atoms with Gasteiger partial charge in [-0.15, -0.1) is 12.6 Å². The second kappa shape index (κ2) is 6.49. The summed E-state index contributed by atoms with van der Waals surface area (Å²) in [7, 11) is 1.60. The highest BCUT2D eigenvalue weighted by atomic mass is 32.1. The number of thiol groups is 1. The van der Waals surface area contributed by atoms with Crippen LogP contribution in [0.3, 0.4) is 0 Å². The van der Waals surface area contributed by atoms with Gasteiger partial charge in [0.25, 0.3) is 0 Å². The molecule has 110 valence electrons. The zero-order chi connectivity index (χ0) is 15.4. The number of carbonyl (C=O) groups is 1. The normalized spacial score (nSPS) is 17.7. The molecule has 0 radical (unpaired) electrons. The van der Waals surface area contributed by atoms with E-state index in [0.29, 0.717) is 11.5 Å². The number of hydrogen-bond acceptors (Lipinski definition) is 6. The van der Waals surface area contributed by atoms with E-state index >= 15 is 0 Å². The van der Waals surface area contributed by atoms with E-state index in [1.165, 1.54) is 6.92 Å². The summed E-state index contributed by atoms with van der Waals surface area (Å²) >= 11 is 4.41. The van der Waals surface area contributed by atoms with Crippen molar-refractivity contribution in [1.82, 2.24) is 0 Å². The summed E-state index contributed by atoms with van der Waals surface area (Å²) in [5.74, 6) is 0.674. The van der Waals surface area contributed by atoms with Crippen LogP contribution >= 0.6 is 12.6 Å². The van der Waals surface area contributed by atoms with Crippen molar-refractivity contribution in [3.63, 3.8) is 0 Å². The zero-order valence-corrected chi connectivity index (χ0v) is 12.7. The Bertz CT molecular complexity index is 608. The van der Waals surface area contributed by atoms with Gasteiger partial charge in [0.2, 0.25) is 5.88 Å². The summed E-state index contributed by atoms with van der Waals surface area (Å²) < 4.78 is 10.4. The lowest BCUT2D eigenvalue weighted by molar-refractivity contribution is -0.137. The second-order valence-corrected chi connectivity index (χ2v) is 4.71. The van der Waals surface area contributed by atoms with Crippen molar-refractivity contribution in [1.29, 1.82) is 0 Å². The van der Waals surface area contributed by atoms with Gasteiger partial charge in [0, 0.05) is 18.8 Å². The number of benzene rings is 1. The molecule has 1 aromatic rings. The molecule has 0 saturated heterocycles. The summed E-state index contributed by atoms with van der Waals surface area (Å²) in [6.07, 6.45) is 3.17. The predicted molar refractivity (Wildman–Crippen MR) is 85.7 cm³/mol. The molecular weight excluding hydrogens is 288 g/mol. The first-order chi connectivity index (χ1) is 10.1. The van der Waals surface area contributed by atoms with Crippen LogP contribution in [0.5, 0.6) is 5.75 Å². The van der Waals surface area contributed by atoms with Crippen molar-refractivity contribution >= 4 is 30.5 Å². The Morgan fingerprint density at radius 2 is 2.10 bits per heavy atom. The van der Waals surface area contributed by atoms with E-state index in [-0.39, 0.29) is 0 Å². The summed E-state index contributed by atoms with van der Waals surface area (Å²) in [6, 6.07) is 7.31. The van der Waals surface area contributed by atoms with Gasteiger partial charge in [-0.1, -0.05) is 12.7 Å². The maximum Gasteiger partial charge on any atom is 0.309 e. The third-order valence-electron chi connectivity index (χ3n) is 2.85. The molecule has 0 bridgehead atoms. The predicted octanol–water partition coefficient (Wildman–Crippen LogP) is 2.76. The maximum absolute atomic E-state index is 11.4. The third-order valence-corrected chi connectivity index (χ3v) is 3.22. The Balaban J connectivity index is 2.45. The molecule has 0 aromatic heterocycles. The van der Waals surface area contributed by atoms with E-state index < -0.39 is 11.5 Å². The highest BCUT2D eigenvalue weighted by Crippen LogP contribution is 2.31. The van der Waals surface area contributed by atoms with E-state index in [0.717, 1.165) is 11.4 Å². The van der Waals surface area contributed by atoms with E-state index in [1.54, 1.807) is 24.3 Å². The molecule has 0 fully saturated rings. The fourth-order valence-corrected chi connectivity index (χ4v) is 2.20. The minimum Gasteiger partial charge on any atom is -0.497 e. The number of aliphatic imine (C=N–C) groups is 1. The topological polar surface area (TPSA) is 51.1 Å². The molecular formula is C15H16N2O3S. The SMILES string of the molecule is C=CC1=C(OC(C)=O)N(c2ccc(OC)cc2)C(S)N=C1. The molecule has 1 aliphatic rings. The van der Waals surface area contributed by atoms with Gasteiger partial charge in [-0.05, 0) is 24.3 Å². The van der Waals surface area contributed by atoms with Crippen LogP contribution in [-0.2, 0) is 9.53 Å². The summed E-state index contributed by atoms with van der Waals surface area (Å²) in [5, 5.41) is 0. The van der Waals surface area contributed by atoms with Crippen LogP contribution in [0.1, 0.15) is 6.92 Å². The standard InChI is InChI=1S/C15H16N2O3S/c1-4-11-9-16-15(21)17(14(11)20-10(2)18)12-5-7-13(19-3)8-6-12/h4-9,15,21H,1H2,2-3H3. The summed E-state index contributed by atoms with van der Waals surface area (Å²) in [6.45, 7) is 5.06. The number of allylic oxidation sites excluding steroid dienone is 2. The smallest absolute Gasteiger partial charge is 0.309 e. The second-order valence-electron chi connectivity index (χ2n) is 4.25. The molecule has 0 amide bonds. The Hall–Kier alpha value is -2.21. The highest BCUT2D eigenvalue weighted by Gasteiger charge is 2.27. The van der Waals surface area contributed by atoms with Gasteiger partial charge in [-0.2, -0.15) is 0 Å². The molecule has 6 heteroatoms. The Morgan fingerprint density at radius 3 is 2.62 bits per heavy atom. The van der Waals surface area contributed by atoms with E-state index in [9.17, 15) is 4.79 Å². The van der Waals surface area contributed by atoms with Crippen LogP contribution in [-0.4, -0.2) is 24.8 Å². The summed E-state index contributed by atoms with van der Waals surface area (Å²) in [4.78, 5) is 17.3. The number of nitrogens with zero attached hydrogens (tertiary/aromatic N) is 2. The number of esters is 1. The van der Waals surface area contributed by atoms with Crippen LogP contribution in [0, 0.1) is 0 Å². The molecule has 1 aromatic carbocycles. The minimum absolute atomic E-state index is 0.359. The first kappa shape index (κ1) is 15.2. The van der Waals surface area contributed by atoms with Crippen LogP contribution in [0.2, 0.25) is 0 Å². The van der Waals surface area contributed by atoms with E-state index in [4.69, 9.17) is 9.47 Å². The maximum atomic E-state index is 11.4. The largest absolute Gasteiger partial charge is 0.497 e. The van der Waals surface area contributed by atoms with E-state index in [1.807, 2.05) is 24.3 Å². The molecule has 1 aliphatic heterocycles. The lowest BCUT2D eigenvalue weighted by Gasteiger charge is -2.32. The number of carbonyl (C=O) groups excluding carboxylic acids is 1. The first-order valence-corrected chi connectivity index (χ1v) is 6.78. The quantitative estimate of drug-likeness (QED) is 0.686. The average molecular weight is 304 g/mol. The third kappa shape index (κ3) is 3.28. The lowest BCUT2D eigenvalue weighted by Crippen LogP contribution is -2.35. The van der Waals surface area contributed by atoms with Gasteiger partial charge in [0.1, 0.15) is 5.75 Å². The van der Waals surface area contributed by atoms with Gasteiger partial charge < -0.3 is 9.47 Å². The molecule has 0 N–H and O–H groups in total. The molecule has 1 atom stereocenters. The van der Waals surface area contributed by atoms with Crippen LogP contribution in [0.15, 0.2) is 53.4 Å². The van der Waals surface area contributed by atoms with Gasteiger partial charge in [-0.3, -0.25) is 14.7 Å². The molecule has 1 heterocycles. The minimum atomic E-state index is -0.489. The first-order valence-electron chi connectivity index (χ1n) is 6.26. The number of rotatable bonds is 4. The van der Waals surface area contributed by atoms with Gasteiger partial charge in [0.15, 0.2) is 5.50 Å². The molecule has 0 spiro atoms. The highest BCUT2D eigenvalue weighted by molar-refractivity contribution is 7.81. The fraction of sp³-hybridized carbons (Fsp3) is 0.200. The number of ether oxygens (including phenoxy) is 2. The Labute approximate surface area is 129 Å². The van der Waals surface area contributed by atoms with Gasteiger partial charge in [0.05, 0.1) is 12.7 Å². The summed E-state index contributed by atoms with van der Waals surface area (Å²) in [5.41, 5.74) is 0.908. The van der Waals surface area contributed by atoms with Gasteiger partial charge in [-0.25, -0.2) is 0 Å². The van der Waals surface area contributed by atoms with Gasteiger partial charge >= 0.3 is 5.97 Å². The average Bonchev–Trinajstić information content (AvgIpc) is 2.47. The molecule has 5 nitrogen and oxygen atoms in total. The van der Waals surface area contributed by atoms with Crippen molar-refractivity contribution in [2.75, 3.05) is 12.0 Å². The zero-order valence-electron chi connectivity index (χ0n) is 11.8. The number of hydrogen-bond donors (Lipinski definition) is 1. The fourth-order valence-electron chi connectivity index (χ4n) is 1.89. The molecule has 1 unspecified atom stereocenters. The van der Waals surface area contributed by atoms with E-state index in [2.05, 4.69) is 24.2 Å². The van der Waals surface area contributed by atoms with Crippen molar-refractivity contribution in [2.45, 2.75) is 12.4 Å². The lowest BCUT2D eigenvalue weighted by atomic mass is 10.2. The van der Waals surface area contributed by atoms with Crippen molar-refractivity contribution < 1.29 is 14.3 Å². The van der Waals surface area contributed by atoms with Crippen molar-refractivity contribution in [3.8, 4) is 5.75 Å². The molecule has 2 rings (SSSR count). The molecule has 21 heavy (non-hydrogen) atoms. The van der Waals surface area contributed by atoms with Crippen LogP contribution < -0.4 is 9.64 Å². The van der Waals surface area contributed by atoms with Crippen LogP contribution in [0.4, 0.5) is 5.69 Å². The van der Waals surface area contributed by atoms with Crippen molar-refractivity contribution in [3.05, 3.63) is 48.4 Å². The molecule has 0 aliphatic carbocycles. The Kier molecular flexibility index (Phi) is 4.70. The number of methoxy groups -OCH3 is 1. The van der Waals surface area contributed by atoms with Crippen LogP contribution in [0.25, 0.3) is 0 Å². The van der Waals surface area contributed by atoms with Crippen molar-refractivity contribution in [2.24, 2.45) is 4.99 Å². The number of anilines is 1. The Morgan fingerprint density at radius 1 is 1.43 bits per heavy atom.